The van der Waals surface area contributed by atoms with Crippen LogP contribution in [-0.2, 0) is 10.8 Å². The molecule has 6 nitrogen and oxygen atoms in total. The van der Waals surface area contributed by atoms with Gasteiger partial charge in [0.1, 0.15) is 5.75 Å². The Bertz CT molecular complexity index is 987. The monoisotopic (exact) mass is 343 g/mol. The lowest BCUT2D eigenvalue weighted by Crippen LogP contribution is -2.17. The van der Waals surface area contributed by atoms with E-state index >= 15 is 0 Å². The number of phenols is 1. The molecule has 0 fully saturated rings. The maximum Gasteiger partial charge on any atom is 0.280 e. The summed E-state index contributed by atoms with van der Waals surface area (Å²) < 4.78 is 12.8. The Balaban J connectivity index is 2.11. The third-order valence-electron chi connectivity index (χ3n) is 3.84. The molecule has 124 valence electrons. The fourth-order valence-corrected chi connectivity index (χ4v) is 2.99. The molecule has 0 saturated carbocycles. The van der Waals surface area contributed by atoms with Crippen LogP contribution >= 0.6 is 0 Å². The number of nitrogens with zero attached hydrogens (tertiary/aromatic N) is 2. The van der Waals surface area contributed by atoms with Crippen molar-refractivity contribution in [2.45, 2.75) is 18.7 Å². The lowest BCUT2D eigenvalue weighted by atomic mass is 10.0. The predicted octanol–water partition coefficient (Wildman–Crippen LogP) is 2.29. The normalized spacial score (nSPS) is 12.3. The average molecular weight is 343 g/mol. The van der Waals surface area contributed by atoms with Crippen molar-refractivity contribution in [3.05, 3.63) is 58.1 Å². The Hall–Kier alpha value is -2.67. The first-order valence-corrected chi connectivity index (χ1v) is 8.85. The molecule has 0 aliphatic heterocycles. The zero-order valence-corrected chi connectivity index (χ0v) is 14.3. The van der Waals surface area contributed by atoms with E-state index in [0.717, 1.165) is 5.56 Å². The molecular formula is C17H17N3O3S. The summed E-state index contributed by atoms with van der Waals surface area (Å²) in [5, 5.41) is 12.7. The maximum absolute atomic E-state index is 12.8. The van der Waals surface area contributed by atoms with E-state index in [-0.39, 0.29) is 11.3 Å². The van der Waals surface area contributed by atoms with Crippen LogP contribution in [0.3, 0.4) is 0 Å². The number of pyridine rings is 1. The van der Waals surface area contributed by atoms with E-state index in [1.54, 1.807) is 43.5 Å². The molecule has 2 aromatic heterocycles. The van der Waals surface area contributed by atoms with Crippen molar-refractivity contribution in [1.29, 1.82) is 0 Å². The Morgan fingerprint density at radius 1 is 1.21 bits per heavy atom. The van der Waals surface area contributed by atoms with Crippen LogP contribution < -0.4 is 5.56 Å². The van der Waals surface area contributed by atoms with Gasteiger partial charge in [0.25, 0.3) is 5.56 Å². The van der Waals surface area contributed by atoms with E-state index in [0.29, 0.717) is 27.5 Å². The standard InChI is InChI=1S/C17H17N3O3S/c1-10-8-12(4-6-14(10)21)16-11(2)19-20(17(16)22)15-7-5-13(9-18-15)24(3)23/h4-9,19,21H,1-3H3. The molecule has 1 atom stereocenters. The summed E-state index contributed by atoms with van der Waals surface area (Å²) in [5.74, 6) is 0.621. The first kappa shape index (κ1) is 16.2. The molecule has 0 aliphatic rings. The Kier molecular flexibility index (Phi) is 4.11. The van der Waals surface area contributed by atoms with Gasteiger partial charge in [0.2, 0.25) is 0 Å². The number of aromatic hydroxyl groups is 1. The van der Waals surface area contributed by atoms with Gasteiger partial charge in [0, 0.05) is 18.1 Å². The number of H-pyrrole nitrogens is 1. The fraction of sp³-hybridized carbons (Fsp3) is 0.176. The van der Waals surface area contributed by atoms with Gasteiger partial charge >= 0.3 is 0 Å². The van der Waals surface area contributed by atoms with Crippen LogP contribution in [-0.4, -0.2) is 30.3 Å². The molecule has 0 aliphatic carbocycles. The number of benzene rings is 1. The molecule has 2 heterocycles. The first-order valence-electron chi connectivity index (χ1n) is 7.30. The van der Waals surface area contributed by atoms with Gasteiger partial charge < -0.3 is 5.11 Å². The van der Waals surface area contributed by atoms with Gasteiger partial charge in [-0.2, -0.15) is 0 Å². The summed E-state index contributed by atoms with van der Waals surface area (Å²) in [7, 11) is -1.12. The van der Waals surface area contributed by atoms with Crippen LogP contribution in [0.2, 0.25) is 0 Å². The number of hydrogen-bond acceptors (Lipinski definition) is 4. The van der Waals surface area contributed by atoms with Crippen molar-refractivity contribution in [3.8, 4) is 22.7 Å². The van der Waals surface area contributed by atoms with Crippen LogP contribution in [0.15, 0.2) is 46.2 Å². The summed E-state index contributed by atoms with van der Waals surface area (Å²) in [6.07, 6.45) is 3.07. The molecule has 3 aromatic rings. The van der Waals surface area contributed by atoms with Crippen molar-refractivity contribution in [2.75, 3.05) is 6.26 Å². The fourth-order valence-electron chi connectivity index (χ4n) is 2.53. The molecule has 2 N–H and O–H groups in total. The van der Waals surface area contributed by atoms with E-state index in [2.05, 4.69) is 10.1 Å². The second-order valence-corrected chi connectivity index (χ2v) is 6.94. The summed E-state index contributed by atoms with van der Waals surface area (Å²) in [4.78, 5) is 17.6. The number of phenolic OH excluding ortho intramolecular Hbond substituents is 1. The number of aromatic amines is 1. The highest BCUT2D eigenvalue weighted by atomic mass is 32.2. The summed E-state index contributed by atoms with van der Waals surface area (Å²) in [6.45, 7) is 3.59. The molecule has 0 saturated heterocycles. The number of rotatable bonds is 3. The average Bonchev–Trinajstić information content (AvgIpc) is 2.85. The van der Waals surface area contributed by atoms with Crippen molar-refractivity contribution in [1.82, 2.24) is 14.8 Å². The van der Waals surface area contributed by atoms with E-state index in [4.69, 9.17) is 0 Å². The van der Waals surface area contributed by atoms with E-state index in [1.807, 2.05) is 6.92 Å². The highest BCUT2D eigenvalue weighted by Crippen LogP contribution is 2.25. The molecule has 0 radical (unpaired) electrons. The zero-order chi connectivity index (χ0) is 17.4. The number of aryl methyl sites for hydroxylation is 2. The lowest BCUT2D eigenvalue weighted by Gasteiger charge is -2.02. The second-order valence-electron chi connectivity index (χ2n) is 5.56. The van der Waals surface area contributed by atoms with Gasteiger partial charge in [-0.1, -0.05) is 6.07 Å². The van der Waals surface area contributed by atoms with Gasteiger partial charge in [0.15, 0.2) is 5.82 Å². The third kappa shape index (κ3) is 2.78. The molecular weight excluding hydrogens is 326 g/mol. The van der Waals surface area contributed by atoms with Crippen LogP contribution in [0.4, 0.5) is 0 Å². The molecule has 3 rings (SSSR count). The number of hydrogen-bond donors (Lipinski definition) is 2. The molecule has 0 spiro atoms. The summed E-state index contributed by atoms with van der Waals surface area (Å²) >= 11 is 0. The van der Waals surface area contributed by atoms with E-state index in [9.17, 15) is 14.1 Å². The number of aromatic nitrogens is 3. The Labute approximate surface area is 141 Å². The van der Waals surface area contributed by atoms with E-state index in [1.165, 1.54) is 10.9 Å². The zero-order valence-electron chi connectivity index (χ0n) is 13.5. The van der Waals surface area contributed by atoms with Crippen LogP contribution in [0.1, 0.15) is 11.3 Å². The van der Waals surface area contributed by atoms with Crippen LogP contribution in [0.25, 0.3) is 16.9 Å². The summed E-state index contributed by atoms with van der Waals surface area (Å²) in [6, 6.07) is 8.39. The third-order valence-corrected chi connectivity index (χ3v) is 4.74. The van der Waals surface area contributed by atoms with Crippen LogP contribution in [0, 0.1) is 13.8 Å². The molecule has 0 amide bonds. The van der Waals surface area contributed by atoms with Gasteiger partial charge in [0.05, 0.1) is 21.3 Å². The topological polar surface area (TPSA) is 88.0 Å². The molecule has 0 bridgehead atoms. The Morgan fingerprint density at radius 3 is 2.54 bits per heavy atom. The quantitative estimate of drug-likeness (QED) is 0.764. The van der Waals surface area contributed by atoms with Crippen molar-refractivity contribution in [2.24, 2.45) is 0 Å². The maximum atomic E-state index is 12.8. The highest BCUT2D eigenvalue weighted by molar-refractivity contribution is 7.84. The molecule has 1 aromatic carbocycles. The van der Waals surface area contributed by atoms with E-state index < -0.39 is 10.8 Å². The number of nitrogens with one attached hydrogen (secondary N) is 1. The largest absolute Gasteiger partial charge is 0.508 e. The lowest BCUT2D eigenvalue weighted by molar-refractivity contribution is 0.471. The minimum absolute atomic E-state index is 0.192. The minimum atomic E-state index is -1.12. The molecule has 24 heavy (non-hydrogen) atoms. The van der Waals surface area contributed by atoms with Gasteiger partial charge in [-0.3, -0.25) is 14.1 Å². The smallest absolute Gasteiger partial charge is 0.280 e. The first-order chi connectivity index (χ1) is 11.4. The van der Waals surface area contributed by atoms with Crippen molar-refractivity contribution >= 4 is 10.8 Å². The molecule has 1 unspecified atom stereocenters. The van der Waals surface area contributed by atoms with Gasteiger partial charge in [-0.15, -0.1) is 0 Å². The predicted molar refractivity (Wildman–Crippen MR) is 93.1 cm³/mol. The second kappa shape index (κ2) is 6.09. The SMILES string of the molecule is Cc1cc(-c2c(C)[nH]n(-c3ccc(S(C)=O)cn3)c2=O)ccc1O. The van der Waals surface area contributed by atoms with Gasteiger partial charge in [-0.05, 0) is 49.2 Å². The summed E-state index contributed by atoms with van der Waals surface area (Å²) in [5.41, 5.74) is 2.44. The Morgan fingerprint density at radius 2 is 1.96 bits per heavy atom. The van der Waals surface area contributed by atoms with Gasteiger partial charge in [-0.25, -0.2) is 9.67 Å². The van der Waals surface area contributed by atoms with Crippen LogP contribution in [0.5, 0.6) is 5.75 Å². The van der Waals surface area contributed by atoms with Crippen molar-refractivity contribution in [3.63, 3.8) is 0 Å². The molecule has 7 heteroatoms. The van der Waals surface area contributed by atoms with Crippen molar-refractivity contribution < 1.29 is 9.32 Å². The minimum Gasteiger partial charge on any atom is -0.508 e. The highest BCUT2D eigenvalue weighted by Gasteiger charge is 2.16.